The van der Waals surface area contributed by atoms with Crippen LogP contribution in [0.15, 0.2) is 78.9 Å². The lowest BCUT2D eigenvalue weighted by Gasteiger charge is -2.32. The van der Waals surface area contributed by atoms with E-state index in [1.54, 1.807) is 23.1 Å². The van der Waals surface area contributed by atoms with Crippen molar-refractivity contribution in [1.82, 2.24) is 10.2 Å². The summed E-state index contributed by atoms with van der Waals surface area (Å²) in [4.78, 5) is 28.8. The number of hydrogen-bond donors (Lipinski definition) is 1. The number of hydrogen-bond acceptors (Lipinski definition) is 2. The number of halogens is 2. The Morgan fingerprint density at radius 2 is 1.59 bits per heavy atom. The average molecular weight is 497 g/mol. The van der Waals surface area contributed by atoms with E-state index in [4.69, 9.17) is 23.2 Å². The molecule has 3 aromatic rings. The molecule has 0 unspecified atom stereocenters. The van der Waals surface area contributed by atoms with E-state index in [1.807, 2.05) is 74.5 Å². The van der Waals surface area contributed by atoms with E-state index in [-0.39, 0.29) is 30.8 Å². The van der Waals surface area contributed by atoms with Crippen molar-refractivity contribution >= 4 is 35.0 Å². The van der Waals surface area contributed by atoms with Gasteiger partial charge in [-0.25, -0.2) is 0 Å². The molecule has 1 N–H and O–H groups in total. The first-order chi connectivity index (χ1) is 16.4. The van der Waals surface area contributed by atoms with Crippen molar-refractivity contribution in [3.8, 4) is 0 Å². The number of rotatable bonds is 10. The van der Waals surface area contributed by atoms with Gasteiger partial charge in [0.05, 0.1) is 6.42 Å². The number of nitrogens with zero attached hydrogens (tertiary/aromatic N) is 1. The van der Waals surface area contributed by atoms with E-state index in [0.29, 0.717) is 16.5 Å². The second-order valence-electron chi connectivity index (χ2n) is 8.44. The molecule has 3 aromatic carbocycles. The Balaban J connectivity index is 1.98. The summed E-state index contributed by atoms with van der Waals surface area (Å²) in [7, 11) is 0. The Kier molecular flexibility index (Phi) is 9.55. The first-order valence-corrected chi connectivity index (χ1v) is 12.2. The summed E-state index contributed by atoms with van der Waals surface area (Å²) >= 11 is 12.6. The molecule has 0 saturated heterocycles. The number of carbonyl (C=O) groups excluding carboxylic acids is 2. The molecule has 0 spiro atoms. The molecular weight excluding hydrogens is 467 g/mol. The van der Waals surface area contributed by atoms with Gasteiger partial charge in [-0.3, -0.25) is 9.59 Å². The predicted molar refractivity (Wildman–Crippen MR) is 139 cm³/mol. The smallest absolute Gasteiger partial charge is 0.243 e. The van der Waals surface area contributed by atoms with Crippen LogP contribution in [-0.2, 0) is 29.0 Å². The SMILES string of the molecule is CC[C@H](C)NC(=O)[C@@H](Cc1ccccc1)N(Cc1ccccc1Cl)C(=O)Cc1cccc(Cl)c1. The molecule has 0 aliphatic rings. The third kappa shape index (κ3) is 7.34. The highest BCUT2D eigenvalue weighted by atomic mass is 35.5. The molecular formula is C28H30Cl2N2O2. The van der Waals surface area contributed by atoms with Gasteiger partial charge in [0.15, 0.2) is 0 Å². The zero-order valence-electron chi connectivity index (χ0n) is 19.5. The summed E-state index contributed by atoms with van der Waals surface area (Å²) in [6.07, 6.45) is 1.33. The van der Waals surface area contributed by atoms with Gasteiger partial charge in [-0.15, -0.1) is 0 Å². The molecule has 0 aliphatic carbocycles. The summed E-state index contributed by atoms with van der Waals surface area (Å²) in [5, 5.41) is 4.20. The van der Waals surface area contributed by atoms with Crippen molar-refractivity contribution in [3.63, 3.8) is 0 Å². The normalized spacial score (nSPS) is 12.6. The Hall–Kier alpha value is -2.82. The number of amides is 2. The molecule has 4 nitrogen and oxygen atoms in total. The van der Waals surface area contributed by atoms with Crippen molar-refractivity contribution in [2.75, 3.05) is 0 Å². The monoisotopic (exact) mass is 496 g/mol. The summed E-state index contributed by atoms with van der Waals surface area (Å²) in [5.41, 5.74) is 2.56. The van der Waals surface area contributed by atoms with Crippen LogP contribution in [-0.4, -0.2) is 28.8 Å². The van der Waals surface area contributed by atoms with Crippen molar-refractivity contribution in [2.24, 2.45) is 0 Å². The molecule has 0 aliphatic heterocycles. The molecule has 0 heterocycles. The van der Waals surface area contributed by atoms with Crippen LogP contribution in [0.2, 0.25) is 10.0 Å². The number of nitrogens with one attached hydrogen (secondary N) is 1. The van der Waals surface area contributed by atoms with Gasteiger partial charge in [0.25, 0.3) is 0 Å². The lowest BCUT2D eigenvalue weighted by atomic mass is 10.0. The predicted octanol–water partition coefficient (Wildman–Crippen LogP) is 6.09. The molecule has 0 aromatic heterocycles. The maximum absolute atomic E-state index is 13.7. The third-order valence-corrected chi connectivity index (χ3v) is 6.42. The lowest BCUT2D eigenvalue weighted by Crippen LogP contribution is -2.52. The minimum atomic E-state index is -0.695. The van der Waals surface area contributed by atoms with Crippen LogP contribution in [0, 0.1) is 0 Å². The van der Waals surface area contributed by atoms with Crippen LogP contribution in [0.4, 0.5) is 0 Å². The van der Waals surface area contributed by atoms with E-state index in [9.17, 15) is 9.59 Å². The second-order valence-corrected chi connectivity index (χ2v) is 9.29. The summed E-state index contributed by atoms with van der Waals surface area (Å²) in [6.45, 7) is 4.21. The van der Waals surface area contributed by atoms with Crippen LogP contribution < -0.4 is 5.32 Å². The fraction of sp³-hybridized carbons (Fsp3) is 0.286. The highest BCUT2D eigenvalue weighted by Gasteiger charge is 2.31. The van der Waals surface area contributed by atoms with E-state index in [2.05, 4.69) is 5.32 Å². The van der Waals surface area contributed by atoms with Gasteiger partial charge in [-0.1, -0.05) is 90.8 Å². The zero-order chi connectivity index (χ0) is 24.5. The Bertz CT molecular complexity index is 1100. The largest absolute Gasteiger partial charge is 0.352 e. The first kappa shape index (κ1) is 25.8. The maximum atomic E-state index is 13.7. The van der Waals surface area contributed by atoms with Gasteiger partial charge in [0.1, 0.15) is 6.04 Å². The Labute approximate surface area is 211 Å². The standard InChI is InChI=1S/C28H30Cl2N2O2/c1-3-20(2)31-28(34)26(17-21-10-5-4-6-11-21)32(19-23-13-7-8-15-25(23)30)27(33)18-22-12-9-14-24(29)16-22/h4-16,20,26H,3,17-19H2,1-2H3,(H,31,34)/t20-,26+/m0/s1. The highest BCUT2D eigenvalue weighted by molar-refractivity contribution is 6.31. The van der Waals surface area contributed by atoms with Crippen LogP contribution in [0.3, 0.4) is 0 Å². The molecule has 3 rings (SSSR count). The van der Waals surface area contributed by atoms with Crippen molar-refractivity contribution in [2.45, 2.75) is 51.7 Å². The van der Waals surface area contributed by atoms with E-state index in [0.717, 1.165) is 23.1 Å². The van der Waals surface area contributed by atoms with E-state index >= 15 is 0 Å². The number of carbonyl (C=O) groups is 2. The molecule has 0 bridgehead atoms. The van der Waals surface area contributed by atoms with Crippen molar-refractivity contribution in [3.05, 3.63) is 106 Å². The van der Waals surface area contributed by atoms with Crippen molar-refractivity contribution < 1.29 is 9.59 Å². The summed E-state index contributed by atoms with van der Waals surface area (Å²) in [6, 6.07) is 23.7. The molecule has 178 valence electrons. The number of benzene rings is 3. The molecule has 34 heavy (non-hydrogen) atoms. The van der Waals surface area contributed by atoms with E-state index < -0.39 is 6.04 Å². The zero-order valence-corrected chi connectivity index (χ0v) is 21.0. The Morgan fingerprint density at radius 1 is 0.912 bits per heavy atom. The van der Waals surface area contributed by atoms with Crippen LogP contribution in [0.25, 0.3) is 0 Å². The van der Waals surface area contributed by atoms with Crippen LogP contribution in [0.1, 0.15) is 37.0 Å². The van der Waals surface area contributed by atoms with Gasteiger partial charge in [-0.2, -0.15) is 0 Å². The molecule has 0 fully saturated rings. The lowest BCUT2D eigenvalue weighted by molar-refractivity contribution is -0.141. The highest BCUT2D eigenvalue weighted by Crippen LogP contribution is 2.22. The minimum absolute atomic E-state index is 0.00373. The van der Waals surface area contributed by atoms with Gasteiger partial charge < -0.3 is 10.2 Å². The van der Waals surface area contributed by atoms with Gasteiger partial charge in [0.2, 0.25) is 11.8 Å². The second kappa shape index (κ2) is 12.6. The van der Waals surface area contributed by atoms with Gasteiger partial charge in [0, 0.05) is 29.1 Å². The minimum Gasteiger partial charge on any atom is -0.352 e. The van der Waals surface area contributed by atoms with Crippen molar-refractivity contribution in [1.29, 1.82) is 0 Å². The topological polar surface area (TPSA) is 49.4 Å². The third-order valence-electron chi connectivity index (χ3n) is 5.82. The summed E-state index contributed by atoms with van der Waals surface area (Å²) in [5.74, 6) is -0.341. The van der Waals surface area contributed by atoms with E-state index in [1.165, 1.54) is 0 Å². The van der Waals surface area contributed by atoms with Crippen LogP contribution in [0.5, 0.6) is 0 Å². The molecule has 2 amide bonds. The van der Waals surface area contributed by atoms with Gasteiger partial charge >= 0.3 is 0 Å². The molecule has 0 radical (unpaired) electrons. The quantitative estimate of drug-likeness (QED) is 0.369. The van der Waals surface area contributed by atoms with Crippen LogP contribution >= 0.6 is 23.2 Å². The average Bonchev–Trinajstić information content (AvgIpc) is 2.82. The fourth-order valence-electron chi connectivity index (χ4n) is 3.73. The molecule has 6 heteroatoms. The first-order valence-electron chi connectivity index (χ1n) is 11.5. The summed E-state index contributed by atoms with van der Waals surface area (Å²) < 4.78 is 0. The molecule has 2 atom stereocenters. The maximum Gasteiger partial charge on any atom is 0.243 e. The Morgan fingerprint density at radius 3 is 2.26 bits per heavy atom. The fourth-order valence-corrected chi connectivity index (χ4v) is 4.14. The molecule has 0 saturated carbocycles. The van der Waals surface area contributed by atoms with Gasteiger partial charge in [-0.05, 0) is 48.2 Å².